The highest BCUT2D eigenvalue weighted by molar-refractivity contribution is 5.71. The number of hydrogen-bond donors (Lipinski definition) is 0. The Kier molecular flexibility index (Phi) is 3.29. The summed E-state index contributed by atoms with van der Waals surface area (Å²) >= 11 is 0. The van der Waals surface area contributed by atoms with Gasteiger partial charge in [0, 0.05) is 34.4 Å². The Bertz CT molecular complexity index is 399. The first-order chi connectivity index (χ1) is 7.04. The van der Waals surface area contributed by atoms with E-state index in [1.54, 1.807) is 30.1 Å². The zero-order valence-electron chi connectivity index (χ0n) is 9.22. The molecule has 0 aliphatic heterocycles. The van der Waals surface area contributed by atoms with Crippen molar-refractivity contribution >= 4 is 11.6 Å². The third-order valence-corrected chi connectivity index (χ3v) is 1.54. The van der Waals surface area contributed by atoms with E-state index in [-0.39, 0.29) is 5.89 Å². The molecule has 1 aromatic rings. The van der Waals surface area contributed by atoms with Crippen LogP contribution in [0.1, 0.15) is 5.89 Å². The first kappa shape index (κ1) is 11.0. The van der Waals surface area contributed by atoms with Gasteiger partial charge in [-0.2, -0.15) is 5.26 Å². The molecule has 0 spiro atoms. The molecule has 0 aromatic carbocycles. The van der Waals surface area contributed by atoms with E-state index in [4.69, 9.17) is 9.68 Å². The van der Waals surface area contributed by atoms with Gasteiger partial charge >= 0.3 is 6.01 Å². The van der Waals surface area contributed by atoms with Gasteiger partial charge in [0.05, 0.1) is 0 Å². The maximum absolute atomic E-state index is 8.89. The van der Waals surface area contributed by atoms with Crippen molar-refractivity contribution in [3.63, 3.8) is 0 Å². The summed E-state index contributed by atoms with van der Waals surface area (Å²) in [6.07, 6.45) is 1.63. The summed E-state index contributed by atoms with van der Waals surface area (Å²) in [7, 11) is 7.22. The monoisotopic (exact) mass is 207 g/mol. The van der Waals surface area contributed by atoms with Crippen LogP contribution in [0.25, 0.3) is 5.57 Å². The van der Waals surface area contributed by atoms with Crippen LogP contribution in [-0.4, -0.2) is 43.3 Å². The molecule has 1 aromatic heterocycles. The van der Waals surface area contributed by atoms with E-state index in [0.29, 0.717) is 11.6 Å². The van der Waals surface area contributed by atoms with Crippen LogP contribution in [0.5, 0.6) is 0 Å². The minimum Gasteiger partial charge on any atom is -0.402 e. The largest absolute Gasteiger partial charge is 0.402 e. The summed E-state index contributed by atoms with van der Waals surface area (Å²) in [5.41, 5.74) is 0.348. The second-order valence-corrected chi connectivity index (χ2v) is 3.40. The fourth-order valence-electron chi connectivity index (χ4n) is 0.895. The van der Waals surface area contributed by atoms with Crippen LogP contribution >= 0.6 is 0 Å². The Hall–Kier alpha value is -2.03. The SMILES string of the molecule is CN(C)/C=C(\C#N)c1nnc(N(C)C)o1. The molecule has 0 aliphatic rings. The van der Waals surface area contributed by atoms with Crippen LogP contribution in [-0.2, 0) is 0 Å². The highest BCUT2D eigenvalue weighted by Gasteiger charge is 2.12. The average Bonchev–Trinajstić information content (AvgIpc) is 2.62. The number of allylic oxidation sites excluding steroid dienone is 1. The molecule has 1 rings (SSSR count). The topological polar surface area (TPSA) is 69.2 Å². The molecule has 80 valence electrons. The molecule has 0 N–H and O–H groups in total. The van der Waals surface area contributed by atoms with Crippen molar-refractivity contribution in [2.45, 2.75) is 0 Å². The molecule has 0 atom stereocenters. The molecular formula is C9H13N5O. The van der Waals surface area contributed by atoms with Crippen molar-refractivity contribution in [2.24, 2.45) is 0 Å². The molecule has 6 nitrogen and oxygen atoms in total. The molecule has 0 unspecified atom stereocenters. The van der Waals surface area contributed by atoms with Crippen LogP contribution in [0.3, 0.4) is 0 Å². The standard InChI is InChI=1S/C9H13N5O/c1-13(2)6-7(5-10)8-11-12-9(15-8)14(3)4/h6H,1-4H3/b7-6+. The molecule has 1 heterocycles. The lowest BCUT2D eigenvalue weighted by Gasteiger charge is -2.04. The van der Waals surface area contributed by atoms with E-state index in [2.05, 4.69) is 10.2 Å². The van der Waals surface area contributed by atoms with Crippen molar-refractivity contribution < 1.29 is 4.42 Å². The van der Waals surface area contributed by atoms with Crippen molar-refractivity contribution in [1.82, 2.24) is 15.1 Å². The first-order valence-corrected chi connectivity index (χ1v) is 4.34. The summed E-state index contributed by atoms with van der Waals surface area (Å²) in [6.45, 7) is 0. The molecule has 15 heavy (non-hydrogen) atoms. The molecule has 0 bridgehead atoms. The first-order valence-electron chi connectivity index (χ1n) is 4.34. The van der Waals surface area contributed by atoms with Gasteiger partial charge in [-0.15, -0.1) is 5.10 Å². The van der Waals surface area contributed by atoms with Crippen LogP contribution < -0.4 is 4.90 Å². The zero-order valence-corrected chi connectivity index (χ0v) is 9.22. The Labute approximate surface area is 88.4 Å². The molecule has 6 heteroatoms. The third-order valence-electron chi connectivity index (χ3n) is 1.54. The van der Waals surface area contributed by atoms with E-state index >= 15 is 0 Å². The van der Waals surface area contributed by atoms with Crippen LogP contribution in [0.15, 0.2) is 10.6 Å². The van der Waals surface area contributed by atoms with Crippen LogP contribution in [0, 0.1) is 11.3 Å². The van der Waals surface area contributed by atoms with Gasteiger partial charge in [0.25, 0.3) is 5.89 Å². The quantitative estimate of drug-likeness (QED) is 0.674. The Morgan fingerprint density at radius 2 is 2.00 bits per heavy atom. The number of aromatic nitrogens is 2. The number of rotatable bonds is 3. The molecule has 0 amide bonds. The fourth-order valence-corrected chi connectivity index (χ4v) is 0.895. The zero-order chi connectivity index (χ0) is 11.4. The van der Waals surface area contributed by atoms with E-state index in [1.807, 2.05) is 20.2 Å². The summed E-state index contributed by atoms with van der Waals surface area (Å²) < 4.78 is 5.29. The van der Waals surface area contributed by atoms with Gasteiger partial charge in [-0.05, 0) is 0 Å². The van der Waals surface area contributed by atoms with Crippen molar-refractivity contribution in [1.29, 1.82) is 5.26 Å². The average molecular weight is 207 g/mol. The van der Waals surface area contributed by atoms with Crippen LogP contribution in [0.2, 0.25) is 0 Å². The highest BCUT2D eigenvalue weighted by Crippen LogP contribution is 2.16. The van der Waals surface area contributed by atoms with Crippen molar-refractivity contribution in [3.8, 4) is 6.07 Å². The van der Waals surface area contributed by atoms with E-state index in [9.17, 15) is 0 Å². The maximum Gasteiger partial charge on any atom is 0.317 e. The van der Waals surface area contributed by atoms with Gasteiger partial charge in [-0.25, -0.2) is 0 Å². The van der Waals surface area contributed by atoms with Crippen molar-refractivity contribution in [2.75, 3.05) is 33.1 Å². The Balaban J connectivity index is 3.00. The van der Waals surface area contributed by atoms with Crippen molar-refractivity contribution in [3.05, 3.63) is 12.1 Å². The Morgan fingerprint density at radius 1 is 1.33 bits per heavy atom. The fraction of sp³-hybridized carbons (Fsp3) is 0.444. The highest BCUT2D eigenvalue weighted by atomic mass is 16.4. The summed E-state index contributed by atoms with van der Waals surface area (Å²) in [6, 6.07) is 2.39. The van der Waals surface area contributed by atoms with Gasteiger partial charge in [0.15, 0.2) is 0 Å². The van der Waals surface area contributed by atoms with Gasteiger partial charge in [0.1, 0.15) is 11.6 Å². The number of nitriles is 1. The predicted molar refractivity (Wildman–Crippen MR) is 55.9 cm³/mol. The lowest BCUT2D eigenvalue weighted by Crippen LogP contribution is -2.08. The summed E-state index contributed by atoms with van der Waals surface area (Å²) in [5.74, 6) is 0.231. The normalized spacial score (nSPS) is 11.0. The number of nitrogens with zero attached hydrogens (tertiary/aromatic N) is 5. The van der Waals surface area contributed by atoms with Gasteiger partial charge in [0.2, 0.25) is 0 Å². The van der Waals surface area contributed by atoms with Gasteiger partial charge in [-0.3, -0.25) is 0 Å². The second kappa shape index (κ2) is 4.46. The predicted octanol–water partition coefficient (Wildman–Crippen LogP) is 0.562. The molecule has 0 fully saturated rings. The number of anilines is 1. The molecule has 0 aliphatic carbocycles. The molecule has 0 saturated heterocycles. The second-order valence-electron chi connectivity index (χ2n) is 3.40. The molecule has 0 radical (unpaired) electrons. The minimum absolute atomic E-state index is 0.231. The lowest BCUT2D eigenvalue weighted by molar-refractivity contribution is 0.531. The molecule has 0 saturated carbocycles. The smallest absolute Gasteiger partial charge is 0.317 e. The number of hydrogen-bond acceptors (Lipinski definition) is 6. The van der Waals surface area contributed by atoms with Gasteiger partial charge in [-0.1, -0.05) is 5.10 Å². The lowest BCUT2D eigenvalue weighted by atomic mass is 10.3. The minimum atomic E-state index is 0.231. The van der Waals surface area contributed by atoms with Crippen LogP contribution in [0.4, 0.5) is 6.01 Å². The summed E-state index contributed by atoms with van der Waals surface area (Å²) in [4.78, 5) is 3.43. The maximum atomic E-state index is 8.89. The van der Waals surface area contributed by atoms with E-state index < -0.39 is 0 Å². The Morgan fingerprint density at radius 3 is 2.40 bits per heavy atom. The third kappa shape index (κ3) is 2.71. The summed E-state index contributed by atoms with van der Waals surface area (Å²) in [5, 5.41) is 16.5. The van der Waals surface area contributed by atoms with Gasteiger partial charge < -0.3 is 14.2 Å². The molecular weight excluding hydrogens is 194 g/mol. The van der Waals surface area contributed by atoms with E-state index in [0.717, 1.165) is 0 Å². The van der Waals surface area contributed by atoms with E-state index in [1.165, 1.54) is 0 Å².